The summed E-state index contributed by atoms with van der Waals surface area (Å²) in [5, 5.41) is 14.0. The van der Waals surface area contributed by atoms with Gasteiger partial charge in [-0.05, 0) is 32.9 Å². The summed E-state index contributed by atoms with van der Waals surface area (Å²) < 4.78 is 4.11. The molecule has 5 N–H and O–H groups in total. The minimum absolute atomic E-state index is 0.0825. The summed E-state index contributed by atoms with van der Waals surface area (Å²) >= 11 is 3.80. The smallest absolute Gasteiger partial charge is 0.334 e. The Kier molecular flexibility index (Phi) is 9.14. The number of aromatic nitrogens is 1. The number of nitrogens with two attached hydrogens (primary N) is 1. The third kappa shape index (κ3) is 6.62. The average Bonchev–Trinajstić information content (AvgIpc) is 3.22. The summed E-state index contributed by atoms with van der Waals surface area (Å²) in [6.07, 6.45) is 0.825. The number of hydrogen-bond acceptors (Lipinski definition) is 12. The van der Waals surface area contributed by atoms with Gasteiger partial charge in [-0.15, -0.1) is 34.9 Å². The number of ether oxygens (including phenoxy) is 1. The first kappa shape index (κ1) is 28.5. The van der Waals surface area contributed by atoms with E-state index in [2.05, 4.69) is 15.8 Å². The van der Waals surface area contributed by atoms with Crippen LogP contribution in [-0.2, 0) is 28.8 Å². The zero-order valence-electron chi connectivity index (χ0n) is 20.4. The molecule has 2 saturated heterocycles. The molecular formula is C21H31N5O7S3. The lowest BCUT2D eigenvalue weighted by atomic mass is 10.0. The van der Waals surface area contributed by atoms with Crippen molar-refractivity contribution in [2.75, 3.05) is 30.4 Å². The number of fused-ring (bicyclic) bond motifs is 1. The second-order valence-electron chi connectivity index (χ2n) is 9.34. The molecule has 2 amide bonds. The molecule has 3 rings (SSSR count). The molecule has 0 spiro atoms. The molecule has 0 saturated carbocycles. The summed E-state index contributed by atoms with van der Waals surface area (Å²) in [7, 11) is 0. The van der Waals surface area contributed by atoms with E-state index < -0.39 is 46.9 Å². The van der Waals surface area contributed by atoms with Crippen LogP contribution in [0.25, 0.3) is 0 Å². The number of nitrogen functional groups attached to an aromatic ring is 1. The Balaban J connectivity index is 1.63. The minimum atomic E-state index is -1.14. The van der Waals surface area contributed by atoms with E-state index in [1.807, 2.05) is 6.92 Å². The number of hydrogen-bond donors (Lipinski definition) is 4. The van der Waals surface area contributed by atoms with Gasteiger partial charge in [-0.2, -0.15) is 5.48 Å². The van der Waals surface area contributed by atoms with Gasteiger partial charge in [0.25, 0.3) is 0 Å². The first-order valence-corrected chi connectivity index (χ1v) is 14.2. The van der Waals surface area contributed by atoms with Crippen molar-refractivity contribution in [3.63, 3.8) is 0 Å². The highest BCUT2D eigenvalue weighted by atomic mass is 32.2. The summed E-state index contributed by atoms with van der Waals surface area (Å²) in [6, 6.07) is -1.97. The van der Waals surface area contributed by atoms with Crippen molar-refractivity contribution < 1.29 is 33.9 Å². The SMILES string of the molecule is CCCSC1(C(=O)O)CS[C@@H]2C(NC(=O)C(NOCC(=O)OC(C)(C)C)c3csc(N)n3)C(=O)N2C1. The number of β-lactam (4-membered cyclic amide) rings is 1. The molecule has 1 aromatic heterocycles. The first-order valence-electron chi connectivity index (χ1n) is 11.3. The van der Waals surface area contributed by atoms with Crippen molar-refractivity contribution in [3.05, 3.63) is 11.1 Å². The Bertz CT molecular complexity index is 1000. The van der Waals surface area contributed by atoms with Crippen molar-refractivity contribution >= 4 is 63.7 Å². The zero-order valence-corrected chi connectivity index (χ0v) is 22.9. The molecule has 0 bridgehead atoms. The number of rotatable bonds is 11. The predicted octanol–water partition coefficient (Wildman–Crippen LogP) is 0.996. The average molecular weight is 562 g/mol. The maximum absolute atomic E-state index is 13.1. The second-order valence-corrected chi connectivity index (χ2v) is 12.8. The number of nitrogens with one attached hydrogen (secondary N) is 2. The number of aliphatic carboxylic acids is 1. The Morgan fingerprint density at radius 2 is 2.14 bits per heavy atom. The lowest BCUT2D eigenvalue weighted by Crippen LogP contribution is -2.75. The van der Waals surface area contributed by atoms with Crippen LogP contribution in [0.1, 0.15) is 45.9 Å². The molecule has 200 valence electrons. The van der Waals surface area contributed by atoms with Gasteiger partial charge in [0.2, 0.25) is 11.8 Å². The lowest BCUT2D eigenvalue weighted by molar-refractivity contribution is -0.165. The van der Waals surface area contributed by atoms with Crippen molar-refractivity contribution in [1.82, 2.24) is 20.7 Å². The van der Waals surface area contributed by atoms with Crippen molar-refractivity contribution in [2.24, 2.45) is 0 Å². The van der Waals surface area contributed by atoms with Crippen molar-refractivity contribution in [1.29, 1.82) is 0 Å². The third-order valence-corrected chi connectivity index (χ3v) is 9.25. The molecular weight excluding hydrogens is 530 g/mol. The maximum Gasteiger partial charge on any atom is 0.334 e. The summed E-state index contributed by atoms with van der Waals surface area (Å²) in [4.78, 5) is 60.7. The van der Waals surface area contributed by atoms with Gasteiger partial charge in [-0.3, -0.25) is 19.2 Å². The quantitative estimate of drug-likeness (QED) is 0.172. The van der Waals surface area contributed by atoms with E-state index >= 15 is 0 Å². The zero-order chi connectivity index (χ0) is 26.7. The molecule has 4 atom stereocenters. The number of thioether (sulfide) groups is 2. The number of hydroxylamine groups is 1. The van der Waals surface area contributed by atoms with Crippen LogP contribution in [0, 0.1) is 0 Å². The highest BCUT2D eigenvalue weighted by Crippen LogP contribution is 2.44. The van der Waals surface area contributed by atoms with E-state index in [-0.39, 0.29) is 28.7 Å². The number of thiazole rings is 1. The number of nitrogens with zero attached hydrogens (tertiary/aromatic N) is 2. The summed E-state index contributed by atoms with van der Waals surface area (Å²) in [5.74, 6) is -1.53. The Morgan fingerprint density at radius 1 is 1.42 bits per heavy atom. The largest absolute Gasteiger partial charge is 0.480 e. The van der Waals surface area contributed by atoms with Crippen LogP contribution in [0.15, 0.2) is 5.38 Å². The summed E-state index contributed by atoms with van der Waals surface area (Å²) in [5.41, 5.74) is 7.81. The van der Waals surface area contributed by atoms with Gasteiger partial charge in [-0.1, -0.05) is 6.92 Å². The van der Waals surface area contributed by atoms with Gasteiger partial charge in [0.05, 0.1) is 5.69 Å². The normalized spacial score (nSPS) is 24.4. The second kappa shape index (κ2) is 11.5. The summed E-state index contributed by atoms with van der Waals surface area (Å²) in [6.45, 7) is 6.76. The van der Waals surface area contributed by atoms with E-state index in [9.17, 15) is 24.3 Å². The third-order valence-electron chi connectivity index (χ3n) is 5.23. The molecule has 3 unspecified atom stereocenters. The van der Waals surface area contributed by atoms with E-state index in [1.165, 1.54) is 28.4 Å². The molecule has 12 nitrogen and oxygen atoms in total. The molecule has 0 aliphatic carbocycles. The number of carboxylic acid groups (broad SMARTS) is 1. The molecule has 0 radical (unpaired) electrons. The molecule has 2 fully saturated rings. The minimum Gasteiger partial charge on any atom is -0.480 e. The van der Waals surface area contributed by atoms with Crippen LogP contribution in [0.2, 0.25) is 0 Å². The first-order chi connectivity index (χ1) is 16.9. The fourth-order valence-corrected chi connectivity index (χ4v) is 7.07. The molecule has 3 heterocycles. The Hall–Kier alpha value is -2.07. The van der Waals surface area contributed by atoms with Gasteiger partial charge in [0.1, 0.15) is 21.8 Å². The Labute approximate surface area is 221 Å². The van der Waals surface area contributed by atoms with Crippen LogP contribution >= 0.6 is 34.9 Å². The van der Waals surface area contributed by atoms with Gasteiger partial charge in [-0.25, -0.2) is 9.78 Å². The van der Waals surface area contributed by atoms with Crippen LogP contribution in [0.4, 0.5) is 5.13 Å². The van der Waals surface area contributed by atoms with E-state index in [0.29, 0.717) is 11.5 Å². The number of esters is 1. The van der Waals surface area contributed by atoms with Crippen molar-refractivity contribution in [2.45, 2.75) is 61.9 Å². The highest BCUT2D eigenvalue weighted by molar-refractivity contribution is 8.05. The molecule has 1 aromatic rings. The molecule has 36 heavy (non-hydrogen) atoms. The van der Waals surface area contributed by atoms with Crippen molar-refractivity contribution in [3.8, 4) is 0 Å². The van der Waals surface area contributed by atoms with Gasteiger partial charge in [0, 0.05) is 17.7 Å². The number of amides is 2. The molecule has 2 aliphatic rings. The van der Waals surface area contributed by atoms with E-state index in [4.69, 9.17) is 15.3 Å². The van der Waals surface area contributed by atoms with Gasteiger partial charge >= 0.3 is 11.9 Å². The van der Waals surface area contributed by atoms with Crippen LogP contribution < -0.4 is 16.5 Å². The lowest BCUT2D eigenvalue weighted by Gasteiger charge is -2.53. The monoisotopic (exact) mass is 561 g/mol. The van der Waals surface area contributed by atoms with E-state index in [1.54, 1.807) is 26.2 Å². The predicted molar refractivity (Wildman–Crippen MR) is 137 cm³/mol. The Morgan fingerprint density at radius 3 is 2.72 bits per heavy atom. The number of carbonyl (C=O) groups excluding carboxylic acids is 3. The standard InChI is InChI=1S/C21H31N5O7S3/c1-5-6-36-21(18(30)31)9-26-16(29)14(17(26)35-10-21)24-15(28)13(11-8-34-19(22)23-11)25-32-7-12(27)33-20(2,3)4/h8,13-14,17,25H,5-7,9-10H2,1-4H3,(H2,22,23)(H,24,28)(H,30,31)/t13?,14?,17-,21?/m1/s1. The highest BCUT2D eigenvalue weighted by Gasteiger charge is 2.57. The van der Waals surface area contributed by atoms with E-state index in [0.717, 1.165) is 17.8 Å². The maximum atomic E-state index is 13.1. The number of carbonyl (C=O) groups is 4. The topological polar surface area (TPSA) is 173 Å². The molecule has 2 aliphatic heterocycles. The number of carboxylic acids is 1. The van der Waals surface area contributed by atoms with Gasteiger partial charge < -0.3 is 25.8 Å². The molecule has 15 heteroatoms. The fraction of sp³-hybridized carbons (Fsp3) is 0.667. The molecule has 0 aromatic carbocycles. The van der Waals surface area contributed by atoms with Gasteiger partial charge in [0.15, 0.2) is 17.8 Å². The van der Waals surface area contributed by atoms with Crippen LogP contribution in [-0.4, -0.2) is 85.2 Å². The number of anilines is 1. The van der Waals surface area contributed by atoms with Crippen LogP contribution in [0.5, 0.6) is 0 Å². The fourth-order valence-electron chi connectivity index (χ4n) is 3.60. The van der Waals surface area contributed by atoms with Crippen LogP contribution in [0.3, 0.4) is 0 Å².